The highest BCUT2D eigenvalue weighted by atomic mass is 16.4. The van der Waals surface area contributed by atoms with Gasteiger partial charge in [0.15, 0.2) is 0 Å². The Morgan fingerprint density at radius 3 is 1.57 bits per heavy atom. The van der Waals surface area contributed by atoms with Gasteiger partial charge in [0.05, 0.1) is 16.9 Å². The summed E-state index contributed by atoms with van der Waals surface area (Å²) in [6.07, 6.45) is 18.8. The summed E-state index contributed by atoms with van der Waals surface area (Å²) in [6.45, 7) is 0. The molecule has 130 valence electrons. The third kappa shape index (κ3) is 6.16. The third-order valence-corrected chi connectivity index (χ3v) is 5.96. The van der Waals surface area contributed by atoms with Crippen LogP contribution in [0.1, 0.15) is 103 Å². The van der Waals surface area contributed by atoms with Gasteiger partial charge in [0.1, 0.15) is 0 Å². The number of aliphatic carboxylic acids is 1. The van der Waals surface area contributed by atoms with Crippen molar-refractivity contribution in [3.05, 3.63) is 0 Å². The number of unbranched alkanes of at least 4 members (excludes halogenated alkanes) is 9. The van der Waals surface area contributed by atoms with Crippen molar-refractivity contribution < 1.29 is 9.90 Å². The maximum Gasteiger partial charge on any atom is 0.309 e. The molecule has 0 radical (unpaired) electrons. The first-order valence-electron chi connectivity index (χ1n) is 9.77. The van der Waals surface area contributed by atoms with E-state index in [2.05, 4.69) is 6.07 Å². The molecule has 0 unspecified atom stereocenters. The zero-order valence-corrected chi connectivity index (χ0v) is 14.6. The fourth-order valence-electron chi connectivity index (χ4n) is 3.63. The summed E-state index contributed by atoms with van der Waals surface area (Å²) in [5.74, 6) is -0.570. The first-order valence-corrected chi connectivity index (χ1v) is 9.77. The average Bonchev–Trinajstić information content (AvgIpc) is 3.44. The van der Waals surface area contributed by atoms with E-state index in [0.717, 1.165) is 44.9 Å². The van der Waals surface area contributed by atoms with Gasteiger partial charge in [-0.1, -0.05) is 64.2 Å². The Kier molecular flexibility index (Phi) is 6.93. The van der Waals surface area contributed by atoms with Crippen molar-refractivity contribution in [1.82, 2.24) is 0 Å². The van der Waals surface area contributed by atoms with E-state index in [9.17, 15) is 4.79 Å². The van der Waals surface area contributed by atoms with E-state index >= 15 is 0 Å². The molecule has 1 N–H and O–H groups in total. The van der Waals surface area contributed by atoms with Gasteiger partial charge < -0.3 is 5.11 Å². The van der Waals surface area contributed by atoms with Crippen LogP contribution in [-0.4, -0.2) is 11.1 Å². The number of carbonyl (C=O) groups is 1. The summed E-state index contributed by atoms with van der Waals surface area (Å²) in [4.78, 5) is 11.1. The van der Waals surface area contributed by atoms with Gasteiger partial charge in [0, 0.05) is 0 Å². The molecule has 0 amide bonds. The van der Waals surface area contributed by atoms with E-state index in [1.165, 1.54) is 57.8 Å². The van der Waals surface area contributed by atoms with Crippen molar-refractivity contribution >= 4 is 5.97 Å². The first-order chi connectivity index (χ1) is 11.1. The molecule has 0 aromatic heterocycles. The maximum atomic E-state index is 11.1. The van der Waals surface area contributed by atoms with Crippen molar-refractivity contribution in [3.8, 4) is 6.07 Å². The first kappa shape index (κ1) is 18.3. The van der Waals surface area contributed by atoms with Crippen molar-refractivity contribution in [3.63, 3.8) is 0 Å². The number of hydrogen-bond donors (Lipinski definition) is 1. The quantitative estimate of drug-likeness (QED) is 0.409. The Hall–Kier alpha value is -1.04. The Morgan fingerprint density at radius 1 is 0.783 bits per heavy atom. The van der Waals surface area contributed by atoms with Crippen molar-refractivity contribution in [2.24, 2.45) is 10.8 Å². The minimum Gasteiger partial charge on any atom is -0.481 e. The van der Waals surface area contributed by atoms with Crippen LogP contribution in [0, 0.1) is 22.2 Å². The Bertz CT molecular complexity index is 416. The van der Waals surface area contributed by atoms with E-state index in [1.54, 1.807) is 0 Å². The number of carboxylic acid groups (broad SMARTS) is 1. The van der Waals surface area contributed by atoms with Gasteiger partial charge in [-0.05, 0) is 38.5 Å². The molecule has 2 fully saturated rings. The largest absolute Gasteiger partial charge is 0.481 e. The molecule has 0 aliphatic heterocycles. The fraction of sp³-hybridized carbons (Fsp3) is 0.900. The van der Waals surface area contributed by atoms with Crippen LogP contribution in [0.2, 0.25) is 0 Å². The molecule has 2 aliphatic rings. The number of nitrogens with zero attached hydrogens (tertiary/aromatic N) is 1. The molecule has 0 heterocycles. The standard InChI is InChI=1S/C20H33NO2/c21-17-19(13-14-19)11-9-7-5-3-1-2-4-6-8-10-12-20(15-16-20)18(22)23/h1-16H2,(H,22,23). The molecule has 0 aromatic rings. The zero-order valence-electron chi connectivity index (χ0n) is 14.6. The van der Waals surface area contributed by atoms with Gasteiger partial charge in [0.2, 0.25) is 0 Å². The van der Waals surface area contributed by atoms with Crippen LogP contribution in [0.15, 0.2) is 0 Å². The summed E-state index contributed by atoms with van der Waals surface area (Å²) in [7, 11) is 0. The smallest absolute Gasteiger partial charge is 0.309 e. The second kappa shape index (κ2) is 8.71. The molecule has 0 saturated heterocycles. The molecule has 2 saturated carbocycles. The highest BCUT2D eigenvalue weighted by molar-refractivity contribution is 5.77. The molecule has 2 rings (SSSR count). The Labute approximate surface area is 141 Å². The van der Waals surface area contributed by atoms with Crippen molar-refractivity contribution in [2.45, 2.75) is 103 Å². The summed E-state index contributed by atoms with van der Waals surface area (Å²) in [5.41, 5.74) is -0.218. The normalized spacial score (nSPS) is 20.0. The van der Waals surface area contributed by atoms with Crippen LogP contribution in [0.4, 0.5) is 0 Å². The topological polar surface area (TPSA) is 61.1 Å². The van der Waals surface area contributed by atoms with E-state index < -0.39 is 5.97 Å². The van der Waals surface area contributed by atoms with Gasteiger partial charge in [-0.25, -0.2) is 0 Å². The van der Waals surface area contributed by atoms with Gasteiger partial charge in [0.25, 0.3) is 0 Å². The van der Waals surface area contributed by atoms with E-state index in [0.29, 0.717) is 0 Å². The predicted octanol–water partition coefficient (Wildman–Crippen LogP) is 5.84. The summed E-state index contributed by atoms with van der Waals surface area (Å²) >= 11 is 0. The van der Waals surface area contributed by atoms with Crippen LogP contribution >= 0.6 is 0 Å². The van der Waals surface area contributed by atoms with Gasteiger partial charge in [-0.2, -0.15) is 5.26 Å². The molecule has 2 aliphatic carbocycles. The average molecular weight is 319 g/mol. The van der Waals surface area contributed by atoms with E-state index in [4.69, 9.17) is 10.4 Å². The maximum absolute atomic E-state index is 11.1. The lowest BCUT2D eigenvalue weighted by atomic mass is 9.97. The summed E-state index contributed by atoms with van der Waals surface area (Å²) in [6, 6.07) is 2.47. The van der Waals surface area contributed by atoms with E-state index in [-0.39, 0.29) is 10.8 Å². The lowest BCUT2D eigenvalue weighted by molar-refractivity contribution is -0.143. The molecule has 3 heteroatoms. The lowest BCUT2D eigenvalue weighted by Crippen LogP contribution is -2.14. The summed E-state index contributed by atoms with van der Waals surface area (Å²) in [5, 5.41) is 18.1. The van der Waals surface area contributed by atoms with E-state index in [1.807, 2.05) is 0 Å². The molecule has 0 bridgehead atoms. The molecule has 23 heavy (non-hydrogen) atoms. The fourth-order valence-corrected chi connectivity index (χ4v) is 3.63. The van der Waals surface area contributed by atoms with Crippen LogP contribution in [0.5, 0.6) is 0 Å². The number of carboxylic acids is 1. The molecular weight excluding hydrogens is 286 g/mol. The van der Waals surface area contributed by atoms with Gasteiger partial charge in [-0.15, -0.1) is 0 Å². The number of hydrogen-bond acceptors (Lipinski definition) is 2. The molecule has 0 atom stereocenters. The number of rotatable bonds is 14. The van der Waals surface area contributed by atoms with Crippen LogP contribution in [0.25, 0.3) is 0 Å². The van der Waals surface area contributed by atoms with Crippen LogP contribution in [-0.2, 0) is 4.79 Å². The Balaban J connectivity index is 1.30. The molecular formula is C20H33NO2. The Morgan fingerprint density at radius 2 is 1.22 bits per heavy atom. The number of nitriles is 1. The highest BCUT2D eigenvalue weighted by Gasteiger charge is 2.49. The third-order valence-electron chi connectivity index (χ3n) is 5.96. The van der Waals surface area contributed by atoms with Crippen LogP contribution < -0.4 is 0 Å². The monoisotopic (exact) mass is 319 g/mol. The molecule has 3 nitrogen and oxygen atoms in total. The second-order valence-corrected chi connectivity index (χ2v) is 8.01. The highest BCUT2D eigenvalue weighted by Crippen LogP contribution is 2.50. The van der Waals surface area contributed by atoms with Crippen LogP contribution in [0.3, 0.4) is 0 Å². The summed E-state index contributed by atoms with van der Waals surface area (Å²) < 4.78 is 0. The molecule has 0 spiro atoms. The minimum absolute atomic E-state index is 0.0969. The minimum atomic E-state index is -0.570. The zero-order chi connectivity index (χ0) is 16.6. The van der Waals surface area contributed by atoms with Gasteiger partial charge >= 0.3 is 5.97 Å². The second-order valence-electron chi connectivity index (χ2n) is 8.01. The van der Waals surface area contributed by atoms with Crippen molar-refractivity contribution in [2.75, 3.05) is 0 Å². The predicted molar refractivity (Wildman–Crippen MR) is 92.0 cm³/mol. The van der Waals surface area contributed by atoms with Crippen molar-refractivity contribution in [1.29, 1.82) is 5.26 Å². The SMILES string of the molecule is N#CC1(CCCCCCCCCCCCC2(C(=O)O)CC2)CC1. The van der Waals surface area contributed by atoms with Gasteiger partial charge in [-0.3, -0.25) is 4.79 Å². The lowest BCUT2D eigenvalue weighted by Gasteiger charge is -2.08. The molecule has 0 aromatic carbocycles.